The van der Waals surface area contributed by atoms with Gasteiger partial charge in [0.1, 0.15) is 0 Å². The van der Waals surface area contributed by atoms with Crippen molar-refractivity contribution < 1.29 is 0 Å². The van der Waals surface area contributed by atoms with E-state index in [0.717, 1.165) is 23.9 Å². The number of nitrogens with one attached hydrogen (secondary N) is 1. The van der Waals surface area contributed by atoms with Crippen molar-refractivity contribution in [1.82, 2.24) is 25.5 Å². The van der Waals surface area contributed by atoms with Crippen molar-refractivity contribution in [3.05, 3.63) is 0 Å². The minimum absolute atomic E-state index is 0.529. The monoisotopic (exact) mass is 283 g/mol. The van der Waals surface area contributed by atoms with Crippen LogP contribution in [0.3, 0.4) is 0 Å². The highest BCUT2D eigenvalue weighted by Crippen LogP contribution is 2.31. The molecule has 0 aliphatic heterocycles. The molecule has 6 heteroatoms. The average molecular weight is 283 g/mol. The SMILES string of the molecule is CCCNC(CC)CSc1nnnn1C1CCCC1. The van der Waals surface area contributed by atoms with Gasteiger partial charge in [-0.25, -0.2) is 4.68 Å². The molecule has 1 aliphatic carbocycles. The lowest BCUT2D eigenvalue weighted by atomic mass is 10.2. The van der Waals surface area contributed by atoms with Gasteiger partial charge in [-0.15, -0.1) is 5.10 Å². The summed E-state index contributed by atoms with van der Waals surface area (Å²) < 4.78 is 2.05. The molecule has 1 unspecified atom stereocenters. The molecule has 1 heterocycles. The lowest BCUT2D eigenvalue weighted by Crippen LogP contribution is -2.31. The molecule has 1 saturated carbocycles. The van der Waals surface area contributed by atoms with Crippen LogP contribution in [0.4, 0.5) is 0 Å². The zero-order valence-corrected chi connectivity index (χ0v) is 12.8. The molecule has 108 valence electrons. The maximum absolute atomic E-state index is 4.18. The Morgan fingerprint density at radius 2 is 2.16 bits per heavy atom. The molecule has 0 saturated heterocycles. The standard InChI is InChI=1S/C13H25N5S/c1-3-9-14-11(4-2)10-19-13-15-16-17-18(13)12-7-5-6-8-12/h11-12,14H,3-10H2,1-2H3. The Labute approximate surface area is 119 Å². The quantitative estimate of drug-likeness (QED) is 0.743. The lowest BCUT2D eigenvalue weighted by Gasteiger charge is -2.16. The van der Waals surface area contributed by atoms with Crippen LogP contribution in [0.5, 0.6) is 0 Å². The van der Waals surface area contributed by atoms with E-state index in [1.807, 2.05) is 4.68 Å². The summed E-state index contributed by atoms with van der Waals surface area (Å²) in [5.74, 6) is 1.05. The third kappa shape index (κ3) is 4.18. The van der Waals surface area contributed by atoms with Crippen molar-refractivity contribution in [2.45, 2.75) is 69.6 Å². The number of aromatic nitrogens is 4. The van der Waals surface area contributed by atoms with Gasteiger partial charge in [0.05, 0.1) is 6.04 Å². The van der Waals surface area contributed by atoms with Gasteiger partial charge in [0.25, 0.3) is 0 Å². The molecule has 0 amide bonds. The van der Waals surface area contributed by atoms with Crippen LogP contribution in [0.15, 0.2) is 5.16 Å². The van der Waals surface area contributed by atoms with Gasteiger partial charge in [0.15, 0.2) is 0 Å². The fourth-order valence-electron chi connectivity index (χ4n) is 2.50. The molecule has 1 aromatic heterocycles. The van der Waals surface area contributed by atoms with Crippen LogP contribution in [0.25, 0.3) is 0 Å². The number of nitrogens with zero attached hydrogens (tertiary/aromatic N) is 4. The Kier molecular flexibility index (Phi) is 6.10. The van der Waals surface area contributed by atoms with Crippen LogP contribution in [0.1, 0.15) is 58.4 Å². The fourth-order valence-corrected chi connectivity index (χ4v) is 3.62. The molecule has 5 nitrogen and oxygen atoms in total. The molecule has 1 fully saturated rings. The van der Waals surface area contributed by atoms with Crippen molar-refractivity contribution >= 4 is 11.8 Å². The zero-order chi connectivity index (χ0) is 13.5. The van der Waals surface area contributed by atoms with Gasteiger partial charge in [-0.1, -0.05) is 38.5 Å². The maximum atomic E-state index is 4.18. The van der Waals surface area contributed by atoms with Crippen LogP contribution in [0.2, 0.25) is 0 Å². The molecule has 0 bridgehead atoms. The third-order valence-corrected chi connectivity index (χ3v) is 4.82. The fraction of sp³-hybridized carbons (Fsp3) is 0.923. The summed E-state index contributed by atoms with van der Waals surface area (Å²) in [6.45, 7) is 5.52. The van der Waals surface area contributed by atoms with E-state index in [4.69, 9.17) is 0 Å². The number of hydrogen-bond acceptors (Lipinski definition) is 5. The maximum Gasteiger partial charge on any atom is 0.209 e. The van der Waals surface area contributed by atoms with Gasteiger partial charge in [0.2, 0.25) is 5.16 Å². The highest BCUT2D eigenvalue weighted by atomic mass is 32.2. The summed E-state index contributed by atoms with van der Waals surface area (Å²) in [5, 5.41) is 16.8. The topological polar surface area (TPSA) is 55.6 Å². The second-order valence-electron chi connectivity index (χ2n) is 5.21. The normalized spacial score (nSPS) is 18.0. The van der Waals surface area contributed by atoms with Crippen molar-refractivity contribution in [3.63, 3.8) is 0 Å². The molecule has 0 aromatic carbocycles. The Morgan fingerprint density at radius 1 is 1.37 bits per heavy atom. The molecule has 1 aliphatic rings. The first-order valence-electron chi connectivity index (χ1n) is 7.49. The predicted molar refractivity (Wildman–Crippen MR) is 78.4 cm³/mol. The predicted octanol–water partition coefficient (Wildman–Crippen LogP) is 2.66. The summed E-state index contributed by atoms with van der Waals surface area (Å²) in [6.07, 6.45) is 7.40. The molecule has 0 radical (unpaired) electrons. The van der Waals surface area contributed by atoms with E-state index >= 15 is 0 Å². The van der Waals surface area contributed by atoms with E-state index in [-0.39, 0.29) is 0 Å². The van der Waals surface area contributed by atoms with E-state index < -0.39 is 0 Å². The smallest absolute Gasteiger partial charge is 0.209 e. The van der Waals surface area contributed by atoms with Crippen LogP contribution < -0.4 is 5.32 Å². The average Bonchev–Trinajstić information content (AvgIpc) is 3.09. The van der Waals surface area contributed by atoms with Gasteiger partial charge in [-0.3, -0.25) is 0 Å². The van der Waals surface area contributed by atoms with Crippen LogP contribution >= 0.6 is 11.8 Å². The number of tetrazole rings is 1. The largest absolute Gasteiger partial charge is 0.313 e. The van der Waals surface area contributed by atoms with Gasteiger partial charge in [-0.05, 0) is 42.7 Å². The van der Waals surface area contributed by atoms with Gasteiger partial charge in [0, 0.05) is 11.8 Å². The molecular formula is C13H25N5S. The summed E-state index contributed by atoms with van der Waals surface area (Å²) in [5.41, 5.74) is 0. The second-order valence-corrected chi connectivity index (χ2v) is 6.20. The first-order valence-corrected chi connectivity index (χ1v) is 8.47. The molecule has 0 spiro atoms. The first-order chi connectivity index (χ1) is 9.35. The van der Waals surface area contributed by atoms with E-state index in [9.17, 15) is 0 Å². The summed E-state index contributed by atoms with van der Waals surface area (Å²) in [6, 6.07) is 1.08. The lowest BCUT2D eigenvalue weighted by molar-refractivity contribution is 0.422. The third-order valence-electron chi connectivity index (χ3n) is 3.72. The molecule has 2 rings (SSSR count). The van der Waals surface area contributed by atoms with Crippen LogP contribution in [-0.4, -0.2) is 38.5 Å². The Balaban J connectivity index is 1.86. The van der Waals surface area contributed by atoms with Crippen molar-refractivity contribution in [2.24, 2.45) is 0 Å². The molecule has 1 aromatic rings. The summed E-state index contributed by atoms with van der Waals surface area (Å²) >= 11 is 1.79. The minimum atomic E-state index is 0.529. The number of rotatable bonds is 8. The van der Waals surface area contributed by atoms with E-state index in [2.05, 4.69) is 34.7 Å². The Morgan fingerprint density at radius 3 is 2.84 bits per heavy atom. The van der Waals surface area contributed by atoms with E-state index in [1.54, 1.807) is 11.8 Å². The highest BCUT2D eigenvalue weighted by Gasteiger charge is 2.22. The first kappa shape index (κ1) is 14.8. The Bertz CT molecular complexity index is 362. The van der Waals surface area contributed by atoms with Crippen molar-refractivity contribution in [2.75, 3.05) is 12.3 Å². The Hall–Kier alpha value is -0.620. The molecule has 1 atom stereocenters. The summed E-state index contributed by atoms with van der Waals surface area (Å²) in [4.78, 5) is 0. The van der Waals surface area contributed by atoms with E-state index in [1.165, 1.54) is 32.1 Å². The molecular weight excluding hydrogens is 258 g/mol. The van der Waals surface area contributed by atoms with E-state index in [0.29, 0.717) is 12.1 Å². The van der Waals surface area contributed by atoms with Gasteiger partial charge >= 0.3 is 0 Å². The van der Waals surface area contributed by atoms with Gasteiger partial charge in [-0.2, -0.15) is 0 Å². The van der Waals surface area contributed by atoms with Crippen LogP contribution in [-0.2, 0) is 0 Å². The highest BCUT2D eigenvalue weighted by molar-refractivity contribution is 7.99. The van der Waals surface area contributed by atoms with Crippen molar-refractivity contribution in [1.29, 1.82) is 0 Å². The van der Waals surface area contributed by atoms with Gasteiger partial charge < -0.3 is 5.32 Å². The number of hydrogen-bond donors (Lipinski definition) is 1. The molecule has 19 heavy (non-hydrogen) atoms. The zero-order valence-electron chi connectivity index (χ0n) is 12.0. The second kappa shape index (κ2) is 7.85. The number of thioether (sulfide) groups is 1. The summed E-state index contributed by atoms with van der Waals surface area (Å²) in [7, 11) is 0. The minimum Gasteiger partial charge on any atom is -0.313 e. The van der Waals surface area contributed by atoms with Crippen LogP contribution in [0, 0.1) is 0 Å². The van der Waals surface area contributed by atoms with Crippen molar-refractivity contribution in [3.8, 4) is 0 Å². The molecule has 1 N–H and O–H groups in total.